The average molecular weight is 290 g/mol. The number of hydrogen-bond acceptors (Lipinski definition) is 1. The number of aliphatic hydroxyl groups is 1. The Bertz CT molecular complexity index is 671. The second kappa shape index (κ2) is 6.14. The van der Waals surface area contributed by atoms with Crippen molar-refractivity contribution in [1.82, 2.24) is 0 Å². The third-order valence-electron chi connectivity index (χ3n) is 4.13. The third-order valence-corrected chi connectivity index (χ3v) is 4.13. The maximum atomic E-state index is 11.6. The van der Waals surface area contributed by atoms with E-state index in [0.717, 1.165) is 16.7 Å². The van der Waals surface area contributed by atoms with Gasteiger partial charge in [0.2, 0.25) is 0 Å². The van der Waals surface area contributed by atoms with Gasteiger partial charge in [-0.15, -0.1) is 0 Å². The van der Waals surface area contributed by atoms with E-state index in [1.54, 1.807) is 0 Å². The Labute approximate surface area is 130 Å². The molecule has 0 aliphatic rings. The molecule has 0 amide bonds. The molecule has 3 rings (SSSR count). The Morgan fingerprint density at radius 1 is 0.636 bits per heavy atom. The lowest BCUT2D eigenvalue weighted by Crippen LogP contribution is -2.63. The highest BCUT2D eigenvalue weighted by Gasteiger charge is 2.41. The summed E-state index contributed by atoms with van der Waals surface area (Å²) in [6, 6.07) is 29.1. The SMILES string of the molecule is [NH3+][C@H](c1ccccc1)C(O)(c1ccccc1)c1ccccc1. The minimum Gasteiger partial charge on any atom is -0.374 e. The van der Waals surface area contributed by atoms with Crippen LogP contribution >= 0.6 is 0 Å². The van der Waals surface area contributed by atoms with Crippen LogP contribution in [-0.4, -0.2) is 5.11 Å². The molecule has 0 bridgehead atoms. The highest BCUT2D eigenvalue weighted by Crippen LogP contribution is 2.38. The van der Waals surface area contributed by atoms with Crippen LogP contribution < -0.4 is 5.73 Å². The molecule has 110 valence electrons. The van der Waals surface area contributed by atoms with Crippen molar-refractivity contribution in [3.8, 4) is 0 Å². The normalized spacial score (nSPS) is 12.8. The van der Waals surface area contributed by atoms with E-state index < -0.39 is 5.60 Å². The lowest BCUT2D eigenvalue weighted by Gasteiger charge is -2.32. The highest BCUT2D eigenvalue weighted by molar-refractivity contribution is 5.40. The van der Waals surface area contributed by atoms with Crippen LogP contribution in [0.3, 0.4) is 0 Å². The molecule has 2 heteroatoms. The summed E-state index contributed by atoms with van der Waals surface area (Å²) in [5.41, 5.74) is 5.84. The fourth-order valence-corrected chi connectivity index (χ4v) is 2.88. The van der Waals surface area contributed by atoms with Gasteiger partial charge in [-0.3, -0.25) is 0 Å². The predicted octanol–water partition coefficient (Wildman–Crippen LogP) is 2.91. The van der Waals surface area contributed by atoms with E-state index in [1.807, 2.05) is 91.0 Å². The first-order chi connectivity index (χ1) is 10.7. The van der Waals surface area contributed by atoms with Gasteiger partial charge < -0.3 is 10.8 Å². The maximum Gasteiger partial charge on any atom is 0.171 e. The molecule has 0 saturated carbocycles. The second-order valence-corrected chi connectivity index (χ2v) is 5.46. The minimum atomic E-state index is -1.16. The van der Waals surface area contributed by atoms with Gasteiger partial charge in [0, 0.05) is 5.56 Å². The molecule has 3 aromatic rings. The standard InChI is InChI=1S/C20H19NO/c21-19(16-10-4-1-5-11-16)20(22,17-12-6-2-7-13-17)18-14-8-3-9-15-18/h1-15,19,22H,21H2/p+1/t19-/m1/s1. The molecule has 0 saturated heterocycles. The largest absolute Gasteiger partial charge is 0.374 e. The molecule has 22 heavy (non-hydrogen) atoms. The summed E-state index contributed by atoms with van der Waals surface area (Å²) in [5.74, 6) is 0. The van der Waals surface area contributed by atoms with Crippen molar-refractivity contribution in [3.05, 3.63) is 108 Å². The molecular formula is C20H20NO+. The van der Waals surface area contributed by atoms with E-state index in [-0.39, 0.29) is 6.04 Å². The maximum absolute atomic E-state index is 11.6. The Morgan fingerprint density at radius 2 is 1.00 bits per heavy atom. The van der Waals surface area contributed by atoms with Gasteiger partial charge in [0.15, 0.2) is 5.60 Å². The number of quaternary nitrogens is 1. The molecule has 0 aliphatic carbocycles. The van der Waals surface area contributed by atoms with E-state index in [9.17, 15) is 5.11 Å². The van der Waals surface area contributed by atoms with E-state index in [1.165, 1.54) is 0 Å². The molecule has 0 aliphatic heterocycles. The van der Waals surface area contributed by atoms with Crippen molar-refractivity contribution in [3.63, 3.8) is 0 Å². The van der Waals surface area contributed by atoms with Gasteiger partial charge in [0.1, 0.15) is 6.04 Å². The average Bonchev–Trinajstić information content (AvgIpc) is 2.62. The molecule has 2 nitrogen and oxygen atoms in total. The van der Waals surface area contributed by atoms with Crippen molar-refractivity contribution < 1.29 is 10.8 Å². The molecule has 0 radical (unpaired) electrons. The van der Waals surface area contributed by atoms with Gasteiger partial charge >= 0.3 is 0 Å². The van der Waals surface area contributed by atoms with Crippen LogP contribution in [0.15, 0.2) is 91.0 Å². The summed E-state index contributed by atoms with van der Waals surface area (Å²) >= 11 is 0. The van der Waals surface area contributed by atoms with Crippen LogP contribution in [-0.2, 0) is 5.60 Å². The van der Waals surface area contributed by atoms with Crippen molar-refractivity contribution in [2.24, 2.45) is 0 Å². The third kappa shape index (κ3) is 2.54. The molecule has 3 aromatic carbocycles. The molecule has 0 heterocycles. The van der Waals surface area contributed by atoms with Gasteiger partial charge in [0.25, 0.3) is 0 Å². The topological polar surface area (TPSA) is 47.9 Å². The lowest BCUT2D eigenvalue weighted by molar-refractivity contribution is -0.459. The number of hydrogen-bond donors (Lipinski definition) is 2. The Balaban J connectivity index is 2.16. The Kier molecular flexibility index (Phi) is 4.05. The highest BCUT2D eigenvalue weighted by atomic mass is 16.3. The molecule has 0 spiro atoms. The van der Waals surface area contributed by atoms with E-state index in [2.05, 4.69) is 5.73 Å². The summed E-state index contributed by atoms with van der Waals surface area (Å²) in [7, 11) is 0. The van der Waals surface area contributed by atoms with Crippen molar-refractivity contribution in [1.29, 1.82) is 0 Å². The zero-order valence-electron chi connectivity index (χ0n) is 12.4. The van der Waals surface area contributed by atoms with Crippen molar-refractivity contribution in [2.75, 3.05) is 0 Å². The van der Waals surface area contributed by atoms with E-state index in [4.69, 9.17) is 0 Å². The Morgan fingerprint density at radius 3 is 1.41 bits per heavy atom. The smallest absolute Gasteiger partial charge is 0.171 e. The number of benzene rings is 3. The molecule has 0 unspecified atom stereocenters. The number of rotatable bonds is 4. The van der Waals surface area contributed by atoms with Gasteiger partial charge in [-0.2, -0.15) is 0 Å². The van der Waals surface area contributed by atoms with E-state index >= 15 is 0 Å². The quantitative estimate of drug-likeness (QED) is 0.762. The minimum absolute atomic E-state index is 0.307. The van der Waals surface area contributed by atoms with Crippen LogP contribution in [0.4, 0.5) is 0 Å². The predicted molar refractivity (Wildman–Crippen MR) is 88.0 cm³/mol. The van der Waals surface area contributed by atoms with Crippen LogP contribution in [0.25, 0.3) is 0 Å². The molecular weight excluding hydrogens is 270 g/mol. The summed E-state index contributed by atoms with van der Waals surface area (Å²) in [6.45, 7) is 0. The van der Waals surface area contributed by atoms with E-state index in [0.29, 0.717) is 0 Å². The first-order valence-electron chi connectivity index (χ1n) is 7.44. The first kappa shape index (κ1) is 14.5. The summed E-state index contributed by atoms with van der Waals surface area (Å²) in [6.07, 6.45) is 0. The van der Waals surface area contributed by atoms with Crippen molar-refractivity contribution >= 4 is 0 Å². The fourth-order valence-electron chi connectivity index (χ4n) is 2.88. The van der Waals surface area contributed by atoms with Crippen LogP contribution in [0.1, 0.15) is 22.7 Å². The van der Waals surface area contributed by atoms with Crippen molar-refractivity contribution in [2.45, 2.75) is 11.6 Å². The molecule has 1 atom stereocenters. The lowest BCUT2D eigenvalue weighted by atomic mass is 9.78. The van der Waals surface area contributed by atoms with Crippen LogP contribution in [0, 0.1) is 0 Å². The monoisotopic (exact) mass is 290 g/mol. The van der Waals surface area contributed by atoms with Gasteiger partial charge in [-0.1, -0.05) is 91.0 Å². The summed E-state index contributed by atoms with van der Waals surface area (Å²) in [5, 5.41) is 11.6. The fraction of sp³-hybridized carbons (Fsp3) is 0.100. The van der Waals surface area contributed by atoms with Gasteiger partial charge in [-0.25, -0.2) is 0 Å². The zero-order valence-corrected chi connectivity index (χ0v) is 12.4. The van der Waals surface area contributed by atoms with Gasteiger partial charge in [0.05, 0.1) is 0 Å². The molecule has 4 N–H and O–H groups in total. The summed E-state index contributed by atoms with van der Waals surface area (Å²) < 4.78 is 0. The molecule has 0 fully saturated rings. The van der Waals surface area contributed by atoms with Crippen LogP contribution in [0.5, 0.6) is 0 Å². The summed E-state index contributed by atoms with van der Waals surface area (Å²) in [4.78, 5) is 0. The molecule has 0 aromatic heterocycles. The second-order valence-electron chi connectivity index (χ2n) is 5.46. The van der Waals surface area contributed by atoms with Gasteiger partial charge in [-0.05, 0) is 11.1 Å². The van der Waals surface area contributed by atoms with Crippen LogP contribution in [0.2, 0.25) is 0 Å². The Hall–Kier alpha value is -2.42. The zero-order chi connectivity index (χ0) is 15.4. The first-order valence-corrected chi connectivity index (χ1v) is 7.44.